The number of ketones is 2. The van der Waals surface area contributed by atoms with Crippen molar-refractivity contribution in [3.63, 3.8) is 0 Å². The van der Waals surface area contributed by atoms with Crippen molar-refractivity contribution in [3.05, 3.63) is 22.3 Å². The highest BCUT2D eigenvalue weighted by Gasteiger charge is 2.62. The van der Waals surface area contributed by atoms with Crippen molar-refractivity contribution in [3.8, 4) is 11.8 Å². The fourth-order valence-corrected chi connectivity index (χ4v) is 1.91. The van der Waals surface area contributed by atoms with Crippen LogP contribution in [0.25, 0.3) is 0 Å². The molecule has 0 aromatic carbocycles. The minimum Gasteiger partial charge on any atom is -0.288 e. The van der Waals surface area contributed by atoms with Crippen LogP contribution in [-0.4, -0.2) is 35.3 Å². The predicted molar refractivity (Wildman–Crippen MR) is 57.0 cm³/mol. The van der Waals surface area contributed by atoms with Gasteiger partial charge in [0.05, 0.1) is 0 Å². The molecule has 2 rings (SSSR count). The van der Waals surface area contributed by atoms with Crippen molar-refractivity contribution in [2.45, 2.75) is 0 Å². The van der Waals surface area contributed by atoms with Crippen LogP contribution in [0.2, 0.25) is 0 Å². The molecule has 0 aliphatic heterocycles. The average Bonchev–Trinajstić information content (AvgIpc) is 2.40. The maximum Gasteiger partial charge on any atom is 0.221 e. The van der Waals surface area contributed by atoms with Gasteiger partial charge in [-0.15, -0.1) is 0 Å². The van der Waals surface area contributed by atoms with Gasteiger partial charge in [-0.05, 0) is 5.92 Å². The molecule has 2 aliphatic rings. The fraction of sp³-hybridized carbons (Fsp3) is 0.0769. The number of hydrogen-bond acceptors (Lipinski definition) is 6. The van der Waals surface area contributed by atoms with E-state index < -0.39 is 39.3 Å². The van der Waals surface area contributed by atoms with Crippen molar-refractivity contribution in [1.82, 2.24) is 0 Å². The van der Waals surface area contributed by atoms with Crippen LogP contribution < -0.4 is 0 Å². The summed E-state index contributed by atoms with van der Waals surface area (Å²) in [5.41, 5.74) is -4.76. The van der Waals surface area contributed by atoms with Crippen molar-refractivity contribution in [2.75, 3.05) is 0 Å². The Kier molecular flexibility index (Phi) is 2.48. The minimum atomic E-state index is -2.06. The van der Waals surface area contributed by atoms with E-state index in [1.807, 2.05) is 0 Å². The summed E-state index contributed by atoms with van der Waals surface area (Å²) in [5.74, 6) is 7.10. The monoisotopic (exact) mass is 252 g/mol. The molecule has 1 fully saturated rings. The van der Waals surface area contributed by atoms with Gasteiger partial charge in [0.1, 0.15) is 45.9 Å². The maximum absolute atomic E-state index is 11.7. The van der Waals surface area contributed by atoms with Crippen LogP contribution >= 0.6 is 0 Å². The van der Waals surface area contributed by atoms with Crippen LogP contribution in [0, 0.1) is 17.3 Å². The lowest BCUT2D eigenvalue weighted by atomic mass is 9.55. The van der Waals surface area contributed by atoms with Gasteiger partial charge in [0.2, 0.25) is 11.6 Å². The van der Waals surface area contributed by atoms with Gasteiger partial charge in [0.25, 0.3) is 0 Å². The summed E-state index contributed by atoms with van der Waals surface area (Å²) in [7, 11) is 0. The number of carbonyl (C=O) groups is 2. The lowest BCUT2D eigenvalue weighted by molar-refractivity contribution is -0.116. The quantitative estimate of drug-likeness (QED) is 0.285. The van der Waals surface area contributed by atoms with Crippen molar-refractivity contribution >= 4 is 35.3 Å². The summed E-state index contributed by atoms with van der Waals surface area (Å²) >= 11 is 0. The van der Waals surface area contributed by atoms with Crippen LogP contribution in [0.4, 0.5) is 0 Å². The Labute approximate surface area is 104 Å². The molecule has 6 heteroatoms. The molecule has 1 spiro atoms. The van der Waals surface area contributed by atoms with Gasteiger partial charge < -0.3 is 0 Å². The largest absolute Gasteiger partial charge is 0.288 e. The average molecular weight is 252 g/mol. The minimum absolute atomic E-state index is 0.640. The van der Waals surface area contributed by atoms with Gasteiger partial charge in [-0.3, -0.25) is 9.59 Å². The molecule has 1 saturated carbocycles. The van der Waals surface area contributed by atoms with E-state index in [-0.39, 0.29) is 0 Å². The van der Waals surface area contributed by atoms with Gasteiger partial charge in [0.15, 0.2) is 5.57 Å². The first-order valence-corrected chi connectivity index (χ1v) is 4.72. The van der Waals surface area contributed by atoms with E-state index >= 15 is 0 Å². The number of hydrogen-bond donors (Lipinski definition) is 0. The summed E-state index contributed by atoms with van der Waals surface area (Å²) in [4.78, 5) is 65.9. The lowest BCUT2D eigenvalue weighted by Crippen LogP contribution is -2.49. The molecule has 2 aliphatic carbocycles. The predicted octanol–water partition coefficient (Wildman–Crippen LogP) is -1.83. The number of rotatable bonds is 0. The Bertz CT molecular complexity index is 790. The first-order valence-electron chi connectivity index (χ1n) is 4.72. The second kappa shape index (κ2) is 3.87. The summed E-state index contributed by atoms with van der Waals surface area (Å²) < 4.78 is 0. The van der Waals surface area contributed by atoms with E-state index in [2.05, 4.69) is 11.8 Å². The molecule has 0 heterocycles. The molecule has 0 N–H and O–H groups in total. The van der Waals surface area contributed by atoms with E-state index in [4.69, 9.17) is 0 Å². The molecule has 0 atom stereocenters. The topological polar surface area (TPSA) is 102 Å². The summed E-state index contributed by atoms with van der Waals surface area (Å²) in [5, 5.41) is 0. The Morgan fingerprint density at radius 1 is 0.737 bits per heavy atom. The standard InChI is InChI=1S/C13O6/c14-3-7-1-2-13(8(4-15)11(7)18)9(5-16)12(19)10(13)6-17. The Morgan fingerprint density at radius 2 is 1.21 bits per heavy atom. The molecule has 88 valence electrons. The number of carbonyl (C=O) groups excluding carboxylic acids is 6. The van der Waals surface area contributed by atoms with E-state index in [1.54, 1.807) is 0 Å². The molecular weight excluding hydrogens is 252 g/mol. The molecule has 0 aromatic rings. The number of allylic oxidation sites excluding steroid dienone is 4. The molecule has 0 saturated heterocycles. The van der Waals surface area contributed by atoms with E-state index in [0.29, 0.717) is 0 Å². The molecule has 6 nitrogen and oxygen atoms in total. The third-order valence-electron chi connectivity index (χ3n) is 2.82. The lowest BCUT2D eigenvalue weighted by Gasteiger charge is -2.37. The maximum atomic E-state index is 11.7. The molecule has 0 bridgehead atoms. The van der Waals surface area contributed by atoms with Crippen molar-refractivity contribution in [1.29, 1.82) is 0 Å². The molecule has 0 amide bonds. The summed E-state index contributed by atoms with van der Waals surface area (Å²) in [6, 6.07) is 0. The first-order chi connectivity index (χ1) is 9.08. The first kappa shape index (κ1) is 12.2. The van der Waals surface area contributed by atoms with Gasteiger partial charge in [-0.1, -0.05) is 5.92 Å². The normalized spacial score (nSPS) is 23.8. The molecular formula is C13O6. The Balaban J connectivity index is 2.94. The van der Waals surface area contributed by atoms with Gasteiger partial charge in [-0.2, -0.15) is 0 Å². The van der Waals surface area contributed by atoms with Gasteiger partial charge in [-0.25, -0.2) is 19.2 Å². The molecule has 0 aromatic heterocycles. The van der Waals surface area contributed by atoms with Crippen LogP contribution in [0.3, 0.4) is 0 Å². The Morgan fingerprint density at radius 3 is 1.63 bits per heavy atom. The van der Waals surface area contributed by atoms with Crippen molar-refractivity contribution < 1.29 is 28.8 Å². The highest BCUT2D eigenvalue weighted by molar-refractivity contribution is 6.35. The molecule has 0 unspecified atom stereocenters. The van der Waals surface area contributed by atoms with Crippen molar-refractivity contribution in [2.24, 2.45) is 5.41 Å². The zero-order valence-corrected chi connectivity index (χ0v) is 8.95. The fourth-order valence-electron chi connectivity index (χ4n) is 1.91. The molecule has 0 radical (unpaired) electrons. The Hall–Kier alpha value is -3.30. The van der Waals surface area contributed by atoms with Gasteiger partial charge in [0, 0.05) is 0 Å². The van der Waals surface area contributed by atoms with Crippen LogP contribution in [0.5, 0.6) is 0 Å². The van der Waals surface area contributed by atoms with E-state index in [9.17, 15) is 28.8 Å². The van der Waals surface area contributed by atoms with Crippen LogP contribution in [0.1, 0.15) is 0 Å². The second-order valence-electron chi connectivity index (χ2n) is 3.57. The van der Waals surface area contributed by atoms with Crippen LogP contribution in [-0.2, 0) is 28.8 Å². The zero-order valence-electron chi connectivity index (χ0n) is 8.95. The summed E-state index contributed by atoms with van der Waals surface area (Å²) in [6.07, 6.45) is 0. The highest BCUT2D eigenvalue weighted by Crippen LogP contribution is 2.51. The molecule has 19 heavy (non-hydrogen) atoms. The van der Waals surface area contributed by atoms with E-state index in [1.165, 1.54) is 23.8 Å². The second-order valence-corrected chi connectivity index (χ2v) is 3.57. The zero-order chi connectivity index (χ0) is 14.2. The highest BCUT2D eigenvalue weighted by atomic mass is 16.2. The SMILES string of the molecule is O=C=C1C#CC2(C(=C=O)C1=O)C(=C=O)C(=O)C2=C=O. The smallest absolute Gasteiger partial charge is 0.221 e. The third-order valence-corrected chi connectivity index (χ3v) is 2.82. The third kappa shape index (κ3) is 1.19. The van der Waals surface area contributed by atoms with Gasteiger partial charge >= 0.3 is 0 Å². The van der Waals surface area contributed by atoms with E-state index in [0.717, 1.165) is 0 Å². The number of Topliss-reactive ketones (excluding diaryl/α,β-unsaturated/α-hetero) is 2. The summed E-state index contributed by atoms with van der Waals surface area (Å²) in [6.45, 7) is 0. The van der Waals surface area contributed by atoms with Crippen LogP contribution in [0.15, 0.2) is 22.3 Å².